The fraction of sp³-hybridized carbons (Fsp3) is 0.941. The van der Waals surface area contributed by atoms with Crippen molar-refractivity contribution < 1.29 is 29.0 Å². The maximum absolute atomic E-state index is 13.0. The van der Waals surface area contributed by atoms with Crippen LogP contribution in [0.1, 0.15) is 30.8 Å². The van der Waals surface area contributed by atoms with E-state index in [1.54, 1.807) is 13.2 Å². The lowest BCUT2D eigenvalue weighted by Gasteiger charge is -2.44. The first-order valence-electron chi connectivity index (χ1n) is 10.4. The molecular weight excluding hydrogens is 380 g/mol. The molecule has 2 heterocycles. The molecule has 0 radical (unpaired) electrons. The summed E-state index contributed by atoms with van der Waals surface area (Å²) in [5, 5.41) is 32.7. The summed E-state index contributed by atoms with van der Waals surface area (Å²) in [6.07, 6.45) is -2.43. The summed E-state index contributed by atoms with van der Waals surface area (Å²) in [6, 6.07) is -1.74. The lowest BCUT2D eigenvalue weighted by atomic mass is 9.92. The number of rotatable bonds is 6. The Hall–Kier alpha value is -0.0900. The van der Waals surface area contributed by atoms with E-state index >= 15 is 0 Å². The molecule has 2 aliphatic heterocycles. The van der Waals surface area contributed by atoms with Crippen LogP contribution in [0, 0.1) is 5.92 Å². The van der Waals surface area contributed by atoms with Gasteiger partial charge in [0.05, 0.1) is 17.5 Å². The van der Waals surface area contributed by atoms with Gasteiger partial charge in [0, 0.05) is 10.7 Å². The molecule has 0 aromatic heterocycles. The Morgan fingerprint density at radius 1 is 1.42 bits per heavy atom. The van der Waals surface area contributed by atoms with Gasteiger partial charge in [-0.25, -0.2) is 0 Å². The number of halogens is 1. The largest absolute Gasteiger partial charge is 0.388 e. The minimum absolute atomic E-state index is 0.0902. The van der Waals surface area contributed by atoms with E-state index in [0.29, 0.717) is 13.0 Å². The van der Waals surface area contributed by atoms with Crippen LogP contribution in [0.4, 0.5) is 0 Å². The number of nitrogens with one attached hydrogen (secondary N) is 1. The molecule has 0 aromatic carbocycles. The van der Waals surface area contributed by atoms with Crippen LogP contribution < -0.4 is 5.32 Å². The van der Waals surface area contributed by atoms with Gasteiger partial charge in [0.2, 0.25) is 5.91 Å². The maximum Gasteiger partial charge on any atom is 0.237 e. The van der Waals surface area contributed by atoms with E-state index in [4.69, 9.17) is 20.5 Å². The van der Waals surface area contributed by atoms with Gasteiger partial charge in [0.1, 0.15) is 29.9 Å². The van der Waals surface area contributed by atoms with Crippen molar-refractivity contribution in [1.82, 2.24) is 10.2 Å². The Bertz CT molecular complexity index is 572. The molecule has 0 saturated carbocycles. The van der Waals surface area contributed by atoms with Crippen LogP contribution in [-0.4, -0.2) is 93.2 Å². The normalized spacial score (nSPS) is 43.2. The molecule has 1 amide bonds. The van der Waals surface area contributed by atoms with Crippen LogP contribution in [0.15, 0.2) is 0 Å². The van der Waals surface area contributed by atoms with E-state index in [1.807, 2.05) is 6.92 Å². The van der Waals surface area contributed by atoms with Gasteiger partial charge in [0.15, 0.2) is 0 Å². The lowest BCUT2D eigenvalue weighted by Crippen LogP contribution is -2.65. The highest BCUT2D eigenvalue weighted by atomic mass is 35.5. The molecule has 7 nitrogen and oxygen atoms in total. The molecule has 3 unspecified atom stereocenters. The number of hydrogen-bond acceptors (Lipinski definition) is 7. The van der Waals surface area contributed by atoms with Crippen LogP contribution in [0.2, 0.25) is 0 Å². The van der Waals surface area contributed by atoms with Gasteiger partial charge in [-0.15, -0.1) is 23.4 Å². The molecule has 2 aliphatic rings. The number of carbonyl (C=O) groups is 1. The topological polar surface area (TPSA) is 102 Å². The van der Waals surface area contributed by atoms with Gasteiger partial charge < -0.3 is 25.4 Å². The fourth-order valence-electron chi connectivity index (χ4n) is 3.55. The SMILES string of the molecule is [2H]C([2H])([2H])N1CC(CC)C[C@H]1C(=O)N[C@@H]([C@H]1O[C@H](SC)C(O)C(O)[C@H]1O)[C@H](C)Cl. The van der Waals surface area contributed by atoms with Gasteiger partial charge in [-0.2, -0.15) is 0 Å². The number of carbonyl (C=O) groups excluding carboxylic acids is 1. The molecule has 152 valence electrons. The molecule has 2 saturated heterocycles. The summed E-state index contributed by atoms with van der Waals surface area (Å²) in [5.41, 5.74) is -0.803. The first kappa shape index (κ1) is 18.0. The molecule has 0 aromatic rings. The summed E-state index contributed by atoms with van der Waals surface area (Å²) in [7, 11) is 0. The van der Waals surface area contributed by atoms with E-state index in [-0.39, 0.29) is 5.92 Å². The number of aliphatic hydroxyl groups excluding tert-OH is 3. The number of thioether (sulfide) groups is 1. The van der Waals surface area contributed by atoms with Crippen LogP contribution >= 0.6 is 23.4 Å². The second-order valence-electron chi connectivity index (χ2n) is 7.07. The van der Waals surface area contributed by atoms with E-state index < -0.39 is 60.2 Å². The Morgan fingerprint density at radius 2 is 2.12 bits per heavy atom. The summed E-state index contributed by atoms with van der Waals surface area (Å²) in [4.78, 5) is 14.2. The van der Waals surface area contributed by atoms with Crippen molar-refractivity contribution in [2.24, 2.45) is 5.92 Å². The Labute approximate surface area is 168 Å². The predicted octanol–water partition coefficient (Wildman–Crippen LogP) is -0.000600. The van der Waals surface area contributed by atoms with Gasteiger partial charge in [-0.05, 0) is 32.5 Å². The van der Waals surface area contributed by atoms with Crippen molar-refractivity contribution in [3.8, 4) is 0 Å². The highest BCUT2D eigenvalue weighted by Crippen LogP contribution is 2.31. The molecule has 26 heavy (non-hydrogen) atoms. The summed E-state index contributed by atoms with van der Waals surface area (Å²) in [5.74, 6) is -0.417. The Morgan fingerprint density at radius 3 is 2.65 bits per heavy atom. The van der Waals surface area contributed by atoms with Gasteiger partial charge in [-0.1, -0.05) is 13.3 Å². The maximum atomic E-state index is 13.0. The third-order valence-electron chi connectivity index (χ3n) is 5.26. The average Bonchev–Trinajstić information content (AvgIpc) is 3.10. The van der Waals surface area contributed by atoms with Crippen molar-refractivity contribution in [3.63, 3.8) is 0 Å². The molecule has 9 atom stereocenters. The zero-order chi connectivity index (χ0) is 22.1. The molecule has 0 aliphatic carbocycles. The molecule has 2 rings (SSSR count). The lowest BCUT2D eigenvalue weighted by molar-refractivity contribution is -0.205. The second kappa shape index (κ2) is 9.41. The third kappa shape index (κ3) is 4.66. The monoisotopic (exact) mass is 413 g/mol. The minimum atomic E-state index is -2.40. The molecule has 0 bridgehead atoms. The minimum Gasteiger partial charge on any atom is -0.388 e. The average molecular weight is 414 g/mol. The van der Waals surface area contributed by atoms with E-state index in [2.05, 4.69) is 5.32 Å². The number of likely N-dealkylation sites (N-methyl/N-ethyl adjacent to an activating group) is 1. The van der Waals surface area contributed by atoms with Gasteiger partial charge in [0.25, 0.3) is 0 Å². The summed E-state index contributed by atoms with van der Waals surface area (Å²) < 4.78 is 28.9. The van der Waals surface area contributed by atoms with Crippen molar-refractivity contribution in [3.05, 3.63) is 0 Å². The molecule has 0 spiro atoms. The van der Waals surface area contributed by atoms with Crippen LogP contribution in [0.3, 0.4) is 0 Å². The quantitative estimate of drug-likeness (QED) is 0.454. The number of likely N-dealkylation sites (tertiary alicyclic amines) is 1. The smallest absolute Gasteiger partial charge is 0.237 e. The predicted molar refractivity (Wildman–Crippen MR) is 102 cm³/mol. The number of ether oxygens (including phenoxy) is 1. The second-order valence-corrected chi connectivity index (χ2v) is 8.69. The van der Waals surface area contributed by atoms with Crippen molar-refractivity contribution in [1.29, 1.82) is 0 Å². The van der Waals surface area contributed by atoms with E-state index in [9.17, 15) is 20.1 Å². The number of hydrogen-bond donors (Lipinski definition) is 4. The highest BCUT2D eigenvalue weighted by Gasteiger charge is 2.48. The van der Waals surface area contributed by atoms with Crippen molar-refractivity contribution in [2.75, 3.05) is 19.8 Å². The van der Waals surface area contributed by atoms with Crippen molar-refractivity contribution in [2.45, 2.75) is 74.0 Å². The van der Waals surface area contributed by atoms with Crippen molar-refractivity contribution >= 4 is 29.3 Å². The molecular formula is C17H31ClN2O5S. The van der Waals surface area contributed by atoms with Crippen LogP contribution in [0.5, 0.6) is 0 Å². The zero-order valence-corrected chi connectivity index (χ0v) is 16.8. The number of alkyl halides is 1. The highest BCUT2D eigenvalue weighted by molar-refractivity contribution is 7.99. The molecule has 2 fully saturated rings. The number of amides is 1. The third-order valence-corrected chi connectivity index (χ3v) is 6.39. The molecule has 9 heteroatoms. The summed E-state index contributed by atoms with van der Waals surface area (Å²) >= 11 is 7.43. The van der Waals surface area contributed by atoms with E-state index in [1.165, 1.54) is 4.90 Å². The zero-order valence-electron chi connectivity index (χ0n) is 18.2. The standard InChI is InChI=1S/C17H31ClN2O5S/c1-5-9-6-10(20(3)7-9)16(24)19-11(8(2)18)15-13(22)12(21)14(23)17(25-15)26-4/h8-15,17,21-23H,5-7H2,1-4H3,(H,19,24)/t8-,9?,10-,11+,12?,13+,14?,15+,17+/m0/s1/i3D3. The number of aliphatic hydroxyl groups is 3. The Balaban J connectivity index is 2.20. The first-order chi connectivity index (χ1) is 13.4. The van der Waals surface area contributed by atoms with Crippen LogP contribution in [0.25, 0.3) is 0 Å². The van der Waals surface area contributed by atoms with Crippen LogP contribution in [-0.2, 0) is 9.53 Å². The number of nitrogens with zero attached hydrogens (tertiary/aromatic N) is 1. The summed E-state index contributed by atoms with van der Waals surface area (Å²) in [6.45, 7) is 1.46. The van der Waals surface area contributed by atoms with Gasteiger partial charge in [-0.3, -0.25) is 9.69 Å². The molecule has 4 N–H and O–H groups in total. The Kier molecular flexibility index (Phi) is 6.50. The first-order valence-corrected chi connectivity index (χ1v) is 10.6. The van der Waals surface area contributed by atoms with Gasteiger partial charge >= 0.3 is 0 Å². The van der Waals surface area contributed by atoms with E-state index in [0.717, 1.165) is 18.2 Å². The fourth-order valence-corrected chi connectivity index (χ4v) is 4.44.